The van der Waals surface area contributed by atoms with E-state index in [1.807, 2.05) is 25.1 Å². The highest BCUT2D eigenvalue weighted by molar-refractivity contribution is 7.11. The Labute approximate surface area is 93.0 Å². The number of rotatable bonds is 3. The van der Waals surface area contributed by atoms with Crippen molar-refractivity contribution in [2.75, 3.05) is 0 Å². The second kappa shape index (κ2) is 4.51. The Morgan fingerprint density at radius 1 is 1.40 bits per heavy atom. The Bertz CT molecular complexity index is 436. The summed E-state index contributed by atoms with van der Waals surface area (Å²) in [6, 6.07) is 5.92. The van der Waals surface area contributed by atoms with Crippen LogP contribution in [-0.2, 0) is 13.0 Å². The Morgan fingerprint density at radius 2 is 2.27 bits per heavy atom. The molecule has 0 fully saturated rings. The van der Waals surface area contributed by atoms with Crippen molar-refractivity contribution >= 4 is 11.3 Å². The third-order valence-corrected chi connectivity index (χ3v) is 3.36. The van der Waals surface area contributed by atoms with Crippen LogP contribution in [0.25, 0.3) is 0 Å². The first-order valence-electron chi connectivity index (χ1n) is 4.84. The lowest BCUT2D eigenvalue weighted by Crippen LogP contribution is -1.94. The Kier molecular flexibility index (Phi) is 3.08. The van der Waals surface area contributed by atoms with Crippen LogP contribution in [0.2, 0.25) is 0 Å². The zero-order valence-corrected chi connectivity index (χ0v) is 9.42. The quantitative estimate of drug-likeness (QED) is 0.857. The fourth-order valence-corrected chi connectivity index (χ4v) is 2.37. The van der Waals surface area contributed by atoms with Crippen molar-refractivity contribution < 1.29 is 0 Å². The van der Waals surface area contributed by atoms with Gasteiger partial charge in [-0.3, -0.25) is 4.98 Å². The van der Waals surface area contributed by atoms with Gasteiger partial charge in [0.05, 0.1) is 10.7 Å². The maximum atomic E-state index is 5.61. The van der Waals surface area contributed by atoms with Crippen LogP contribution in [0.3, 0.4) is 0 Å². The second-order valence-electron chi connectivity index (χ2n) is 3.32. The molecular formula is C11H13N3S. The van der Waals surface area contributed by atoms with E-state index in [1.165, 1.54) is 4.88 Å². The van der Waals surface area contributed by atoms with Crippen LogP contribution < -0.4 is 5.73 Å². The van der Waals surface area contributed by atoms with E-state index in [9.17, 15) is 0 Å². The zero-order chi connectivity index (χ0) is 10.7. The molecule has 0 unspecified atom stereocenters. The van der Waals surface area contributed by atoms with Gasteiger partial charge in [0.25, 0.3) is 0 Å². The third kappa shape index (κ3) is 2.40. The molecule has 0 aromatic carbocycles. The summed E-state index contributed by atoms with van der Waals surface area (Å²) < 4.78 is 0. The summed E-state index contributed by atoms with van der Waals surface area (Å²) in [6.07, 6.45) is 2.60. The van der Waals surface area contributed by atoms with Crippen molar-refractivity contribution in [2.24, 2.45) is 5.73 Å². The molecular weight excluding hydrogens is 206 g/mol. The topological polar surface area (TPSA) is 51.8 Å². The number of aromatic nitrogens is 2. The number of nitrogens with two attached hydrogens (primary N) is 1. The maximum Gasteiger partial charge on any atom is 0.0991 e. The van der Waals surface area contributed by atoms with Gasteiger partial charge in [-0.2, -0.15) is 0 Å². The number of aryl methyl sites for hydroxylation is 1. The second-order valence-corrected chi connectivity index (χ2v) is 4.49. The molecule has 0 saturated carbocycles. The Balaban J connectivity index is 2.18. The van der Waals surface area contributed by atoms with Crippen molar-refractivity contribution in [1.82, 2.24) is 9.97 Å². The largest absolute Gasteiger partial charge is 0.326 e. The minimum absolute atomic E-state index is 0.575. The molecule has 4 heteroatoms. The highest BCUT2D eigenvalue weighted by Gasteiger charge is 2.06. The van der Waals surface area contributed by atoms with Crippen LogP contribution in [0.4, 0.5) is 0 Å². The van der Waals surface area contributed by atoms with Crippen LogP contribution >= 0.6 is 11.3 Å². The van der Waals surface area contributed by atoms with Gasteiger partial charge in [0.2, 0.25) is 0 Å². The van der Waals surface area contributed by atoms with E-state index in [2.05, 4.69) is 9.97 Å². The summed E-state index contributed by atoms with van der Waals surface area (Å²) in [5, 5.41) is 1.09. The summed E-state index contributed by atoms with van der Waals surface area (Å²) in [7, 11) is 0. The Hall–Kier alpha value is -1.26. The normalized spacial score (nSPS) is 10.5. The van der Waals surface area contributed by atoms with E-state index in [0.29, 0.717) is 6.54 Å². The molecule has 2 rings (SSSR count). The molecule has 2 aromatic heterocycles. The summed E-state index contributed by atoms with van der Waals surface area (Å²) in [5.41, 5.74) is 7.71. The van der Waals surface area contributed by atoms with E-state index in [1.54, 1.807) is 17.5 Å². The molecule has 15 heavy (non-hydrogen) atoms. The fourth-order valence-electron chi connectivity index (χ4n) is 1.41. The van der Waals surface area contributed by atoms with Gasteiger partial charge in [0.1, 0.15) is 0 Å². The standard InChI is InChI=1S/C11H13N3S/c1-8-10(7-12)15-11(14-8)6-9-4-2-3-5-13-9/h2-5H,6-7,12H2,1H3. The van der Waals surface area contributed by atoms with Gasteiger partial charge >= 0.3 is 0 Å². The first kappa shape index (κ1) is 10.3. The van der Waals surface area contributed by atoms with E-state index in [0.717, 1.165) is 22.8 Å². The van der Waals surface area contributed by atoms with E-state index < -0.39 is 0 Å². The first-order chi connectivity index (χ1) is 7.29. The molecule has 2 N–H and O–H groups in total. The average molecular weight is 219 g/mol. The summed E-state index contributed by atoms with van der Waals surface area (Å²) >= 11 is 1.68. The lowest BCUT2D eigenvalue weighted by molar-refractivity contribution is 1.02. The van der Waals surface area contributed by atoms with Crippen molar-refractivity contribution in [3.63, 3.8) is 0 Å². The van der Waals surface area contributed by atoms with Crippen molar-refractivity contribution in [3.8, 4) is 0 Å². The lowest BCUT2D eigenvalue weighted by Gasteiger charge is -1.94. The predicted molar refractivity (Wildman–Crippen MR) is 61.8 cm³/mol. The lowest BCUT2D eigenvalue weighted by atomic mass is 10.3. The molecule has 3 nitrogen and oxygen atoms in total. The molecule has 0 spiro atoms. The van der Waals surface area contributed by atoms with Crippen LogP contribution in [0.5, 0.6) is 0 Å². The predicted octanol–water partition coefficient (Wildman–Crippen LogP) is 1.90. The minimum atomic E-state index is 0.575. The molecule has 0 bridgehead atoms. The van der Waals surface area contributed by atoms with Crippen molar-refractivity contribution in [1.29, 1.82) is 0 Å². The maximum absolute atomic E-state index is 5.61. The number of nitrogens with zero attached hydrogens (tertiary/aromatic N) is 2. The van der Waals surface area contributed by atoms with Gasteiger partial charge in [-0.05, 0) is 19.1 Å². The van der Waals surface area contributed by atoms with Gasteiger partial charge in [-0.15, -0.1) is 11.3 Å². The van der Waals surface area contributed by atoms with Gasteiger partial charge in [0.15, 0.2) is 0 Å². The van der Waals surface area contributed by atoms with Crippen LogP contribution in [0.1, 0.15) is 21.3 Å². The number of thiazole rings is 1. The van der Waals surface area contributed by atoms with Crippen molar-refractivity contribution in [3.05, 3.63) is 45.7 Å². The summed E-state index contributed by atoms with van der Waals surface area (Å²) in [4.78, 5) is 9.92. The SMILES string of the molecule is Cc1nc(Cc2ccccn2)sc1CN. The molecule has 2 aromatic rings. The smallest absolute Gasteiger partial charge is 0.0991 e. The Morgan fingerprint density at radius 3 is 2.87 bits per heavy atom. The summed E-state index contributed by atoms with van der Waals surface area (Å²) in [5.74, 6) is 0. The first-order valence-corrected chi connectivity index (χ1v) is 5.66. The molecule has 78 valence electrons. The molecule has 0 atom stereocenters. The van der Waals surface area contributed by atoms with Gasteiger partial charge in [0, 0.05) is 29.7 Å². The fraction of sp³-hybridized carbons (Fsp3) is 0.273. The average Bonchev–Trinajstić information content (AvgIpc) is 2.60. The van der Waals surface area contributed by atoms with E-state index in [4.69, 9.17) is 5.73 Å². The zero-order valence-electron chi connectivity index (χ0n) is 8.60. The molecule has 2 heterocycles. The summed E-state index contributed by atoms with van der Waals surface area (Å²) in [6.45, 7) is 2.58. The highest BCUT2D eigenvalue weighted by atomic mass is 32.1. The van der Waals surface area contributed by atoms with E-state index in [-0.39, 0.29) is 0 Å². The van der Waals surface area contributed by atoms with Gasteiger partial charge in [-0.25, -0.2) is 4.98 Å². The van der Waals surface area contributed by atoms with Gasteiger partial charge < -0.3 is 5.73 Å². The molecule has 0 aliphatic rings. The number of pyridine rings is 1. The molecule has 0 saturated heterocycles. The number of hydrogen-bond acceptors (Lipinski definition) is 4. The number of hydrogen-bond donors (Lipinski definition) is 1. The molecule has 0 radical (unpaired) electrons. The highest BCUT2D eigenvalue weighted by Crippen LogP contribution is 2.19. The monoisotopic (exact) mass is 219 g/mol. The van der Waals surface area contributed by atoms with Crippen molar-refractivity contribution in [2.45, 2.75) is 19.9 Å². The van der Waals surface area contributed by atoms with Crippen LogP contribution in [-0.4, -0.2) is 9.97 Å². The van der Waals surface area contributed by atoms with E-state index >= 15 is 0 Å². The molecule has 0 aliphatic carbocycles. The van der Waals surface area contributed by atoms with Crippen LogP contribution in [0.15, 0.2) is 24.4 Å². The third-order valence-electron chi connectivity index (χ3n) is 2.18. The minimum Gasteiger partial charge on any atom is -0.326 e. The van der Waals surface area contributed by atoms with Crippen LogP contribution in [0, 0.1) is 6.92 Å². The molecule has 0 amide bonds. The van der Waals surface area contributed by atoms with Gasteiger partial charge in [-0.1, -0.05) is 6.07 Å². The molecule has 0 aliphatic heterocycles.